The summed E-state index contributed by atoms with van der Waals surface area (Å²) >= 11 is 0. The highest BCUT2D eigenvalue weighted by molar-refractivity contribution is 5.81. The summed E-state index contributed by atoms with van der Waals surface area (Å²) in [6, 6.07) is 7.44. The lowest BCUT2D eigenvalue weighted by atomic mass is 10.1. The average molecular weight is 291 g/mol. The third-order valence-electron chi connectivity index (χ3n) is 3.83. The summed E-state index contributed by atoms with van der Waals surface area (Å²) in [6.07, 6.45) is 1.22. The normalized spacial score (nSPS) is 22.6. The van der Waals surface area contributed by atoms with Crippen molar-refractivity contribution in [3.05, 3.63) is 29.8 Å². The molecule has 1 saturated carbocycles. The molecule has 2 N–H and O–H groups in total. The zero-order valence-corrected chi connectivity index (χ0v) is 12.3. The van der Waals surface area contributed by atoms with Gasteiger partial charge < -0.3 is 15.2 Å². The van der Waals surface area contributed by atoms with Crippen LogP contribution in [-0.2, 0) is 9.59 Å². The number of carbonyl (C=O) groups excluding carboxylic acids is 1. The highest BCUT2D eigenvalue weighted by Crippen LogP contribution is 2.25. The van der Waals surface area contributed by atoms with Crippen molar-refractivity contribution in [1.82, 2.24) is 5.32 Å². The number of carboxylic acids is 1. The molecule has 0 bridgehead atoms. The Hall–Kier alpha value is -2.04. The van der Waals surface area contributed by atoms with E-state index in [2.05, 4.69) is 5.32 Å². The molecule has 1 aromatic carbocycles. The number of aryl methyl sites for hydroxylation is 1. The third-order valence-corrected chi connectivity index (χ3v) is 3.83. The Morgan fingerprint density at radius 1 is 1.29 bits per heavy atom. The van der Waals surface area contributed by atoms with E-state index in [9.17, 15) is 9.59 Å². The van der Waals surface area contributed by atoms with Gasteiger partial charge in [0.25, 0.3) is 5.91 Å². The molecule has 1 fully saturated rings. The molecule has 0 heterocycles. The molecule has 0 spiro atoms. The number of rotatable bonds is 5. The lowest BCUT2D eigenvalue weighted by molar-refractivity contribution is -0.141. The van der Waals surface area contributed by atoms with Gasteiger partial charge in [-0.25, -0.2) is 0 Å². The molecule has 2 rings (SSSR count). The van der Waals surface area contributed by atoms with Crippen LogP contribution in [0.5, 0.6) is 5.75 Å². The highest BCUT2D eigenvalue weighted by Gasteiger charge is 2.31. The Kier molecular flexibility index (Phi) is 4.83. The predicted octanol–water partition coefficient (Wildman–Crippen LogP) is 2.13. The fourth-order valence-corrected chi connectivity index (χ4v) is 2.53. The van der Waals surface area contributed by atoms with Crippen molar-refractivity contribution in [1.29, 1.82) is 0 Å². The number of ether oxygens (including phenoxy) is 1. The third kappa shape index (κ3) is 4.21. The standard InChI is InChI=1S/C16H21NO4/c1-10-3-7-14(8-4-10)21-11(2)15(18)17-13-6-5-12(9-13)16(19)20/h3-4,7-8,11-13H,5-6,9H2,1-2H3,(H,17,18)(H,19,20)/t11?,12-,13+/m0/s1. The van der Waals surface area contributed by atoms with E-state index in [1.165, 1.54) is 0 Å². The molecule has 1 aliphatic carbocycles. The largest absolute Gasteiger partial charge is 0.481 e. The average Bonchev–Trinajstić information content (AvgIpc) is 2.90. The Morgan fingerprint density at radius 3 is 2.52 bits per heavy atom. The molecule has 1 aromatic rings. The van der Waals surface area contributed by atoms with Crippen molar-refractivity contribution in [2.75, 3.05) is 0 Å². The lowest BCUT2D eigenvalue weighted by Gasteiger charge is -2.18. The first-order chi connectivity index (χ1) is 9.95. The molecular formula is C16H21NO4. The highest BCUT2D eigenvalue weighted by atomic mass is 16.5. The molecule has 1 amide bonds. The molecule has 1 unspecified atom stereocenters. The Labute approximate surface area is 124 Å². The van der Waals surface area contributed by atoms with Gasteiger partial charge in [0.05, 0.1) is 5.92 Å². The summed E-state index contributed by atoms with van der Waals surface area (Å²) in [7, 11) is 0. The molecule has 0 saturated heterocycles. The minimum Gasteiger partial charge on any atom is -0.481 e. The zero-order chi connectivity index (χ0) is 15.4. The first kappa shape index (κ1) is 15.4. The topological polar surface area (TPSA) is 75.6 Å². The summed E-state index contributed by atoms with van der Waals surface area (Å²) in [5.41, 5.74) is 1.13. The van der Waals surface area contributed by atoms with Crippen LogP contribution < -0.4 is 10.1 Å². The van der Waals surface area contributed by atoms with E-state index in [0.29, 0.717) is 25.0 Å². The number of carboxylic acid groups (broad SMARTS) is 1. The first-order valence-corrected chi connectivity index (χ1v) is 7.22. The molecule has 3 atom stereocenters. The predicted molar refractivity (Wildman–Crippen MR) is 78.2 cm³/mol. The van der Waals surface area contributed by atoms with Crippen LogP contribution in [-0.4, -0.2) is 29.1 Å². The van der Waals surface area contributed by atoms with Crippen LogP contribution in [0.25, 0.3) is 0 Å². The molecular weight excluding hydrogens is 270 g/mol. The van der Waals surface area contributed by atoms with Crippen molar-refractivity contribution in [3.8, 4) is 5.75 Å². The molecule has 5 nitrogen and oxygen atoms in total. The lowest BCUT2D eigenvalue weighted by Crippen LogP contribution is -2.41. The Balaban J connectivity index is 1.83. The van der Waals surface area contributed by atoms with Crippen LogP contribution in [0.1, 0.15) is 31.7 Å². The van der Waals surface area contributed by atoms with Crippen molar-refractivity contribution >= 4 is 11.9 Å². The van der Waals surface area contributed by atoms with E-state index >= 15 is 0 Å². The SMILES string of the molecule is Cc1ccc(OC(C)C(=O)N[C@@H]2CC[C@H](C(=O)O)C2)cc1. The minimum absolute atomic E-state index is 0.0670. The van der Waals surface area contributed by atoms with E-state index in [1.807, 2.05) is 31.2 Å². The number of benzene rings is 1. The van der Waals surface area contributed by atoms with E-state index in [4.69, 9.17) is 9.84 Å². The summed E-state index contributed by atoms with van der Waals surface area (Å²) in [5.74, 6) is -0.677. The van der Waals surface area contributed by atoms with E-state index < -0.39 is 12.1 Å². The van der Waals surface area contributed by atoms with Crippen LogP contribution in [0.3, 0.4) is 0 Å². The summed E-state index contributed by atoms with van der Waals surface area (Å²) < 4.78 is 5.59. The molecule has 21 heavy (non-hydrogen) atoms. The van der Waals surface area contributed by atoms with Gasteiger partial charge in [-0.3, -0.25) is 9.59 Å². The number of amides is 1. The second-order valence-electron chi connectivity index (χ2n) is 5.63. The van der Waals surface area contributed by atoms with E-state index in [0.717, 1.165) is 5.56 Å². The number of nitrogens with one attached hydrogen (secondary N) is 1. The number of hydrogen-bond acceptors (Lipinski definition) is 3. The van der Waals surface area contributed by atoms with Crippen molar-refractivity contribution in [2.45, 2.75) is 45.3 Å². The van der Waals surface area contributed by atoms with E-state index in [-0.39, 0.29) is 17.9 Å². The van der Waals surface area contributed by atoms with Gasteiger partial charge in [-0.1, -0.05) is 17.7 Å². The van der Waals surface area contributed by atoms with Gasteiger partial charge in [-0.15, -0.1) is 0 Å². The Morgan fingerprint density at radius 2 is 1.95 bits per heavy atom. The van der Waals surface area contributed by atoms with Gasteiger partial charge in [-0.2, -0.15) is 0 Å². The van der Waals surface area contributed by atoms with Crippen LogP contribution in [0.2, 0.25) is 0 Å². The summed E-state index contributed by atoms with van der Waals surface area (Å²) in [4.78, 5) is 23.0. The van der Waals surface area contributed by atoms with Crippen LogP contribution in [0.15, 0.2) is 24.3 Å². The fourth-order valence-electron chi connectivity index (χ4n) is 2.53. The maximum absolute atomic E-state index is 12.1. The van der Waals surface area contributed by atoms with Gasteiger partial charge >= 0.3 is 5.97 Å². The number of carbonyl (C=O) groups is 2. The fraction of sp³-hybridized carbons (Fsp3) is 0.500. The molecule has 0 radical (unpaired) electrons. The smallest absolute Gasteiger partial charge is 0.306 e. The molecule has 1 aliphatic rings. The zero-order valence-electron chi connectivity index (χ0n) is 12.3. The molecule has 0 aromatic heterocycles. The van der Waals surface area contributed by atoms with E-state index in [1.54, 1.807) is 6.92 Å². The molecule has 114 valence electrons. The van der Waals surface area contributed by atoms with Gasteiger partial charge in [-0.05, 0) is 45.2 Å². The maximum atomic E-state index is 12.1. The molecule has 0 aliphatic heterocycles. The molecule has 5 heteroatoms. The van der Waals surface area contributed by atoms with Crippen molar-refractivity contribution in [3.63, 3.8) is 0 Å². The second-order valence-corrected chi connectivity index (χ2v) is 5.63. The quantitative estimate of drug-likeness (QED) is 0.871. The summed E-state index contributed by atoms with van der Waals surface area (Å²) in [6.45, 7) is 3.68. The minimum atomic E-state index is -0.782. The van der Waals surface area contributed by atoms with Crippen molar-refractivity contribution in [2.24, 2.45) is 5.92 Å². The van der Waals surface area contributed by atoms with Crippen molar-refractivity contribution < 1.29 is 19.4 Å². The van der Waals surface area contributed by atoms with Gasteiger partial charge in [0.1, 0.15) is 5.75 Å². The van der Waals surface area contributed by atoms with Crippen LogP contribution in [0.4, 0.5) is 0 Å². The summed E-state index contributed by atoms with van der Waals surface area (Å²) in [5, 5.41) is 11.8. The second kappa shape index (κ2) is 6.61. The maximum Gasteiger partial charge on any atom is 0.306 e. The monoisotopic (exact) mass is 291 g/mol. The number of hydrogen-bond donors (Lipinski definition) is 2. The van der Waals surface area contributed by atoms with Crippen LogP contribution in [0, 0.1) is 12.8 Å². The van der Waals surface area contributed by atoms with Gasteiger partial charge in [0.15, 0.2) is 6.10 Å². The number of aliphatic carboxylic acids is 1. The van der Waals surface area contributed by atoms with Gasteiger partial charge in [0.2, 0.25) is 0 Å². The first-order valence-electron chi connectivity index (χ1n) is 7.22. The van der Waals surface area contributed by atoms with Gasteiger partial charge in [0, 0.05) is 6.04 Å². The Bertz CT molecular complexity index is 512. The van der Waals surface area contributed by atoms with Crippen LogP contribution >= 0.6 is 0 Å².